The van der Waals surface area contributed by atoms with Gasteiger partial charge in [0, 0.05) is 15.4 Å². The van der Waals surface area contributed by atoms with Gasteiger partial charge in [0.2, 0.25) is 0 Å². The Morgan fingerprint density at radius 3 is 2.32 bits per heavy atom. The summed E-state index contributed by atoms with van der Waals surface area (Å²) in [4.78, 5) is 1.49. The van der Waals surface area contributed by atoms with Crippen LogP contribution in [0.1, 0.15) is 57.8 Å². The van der Waals surface area contributed by atoms with Crippen LogP contribution in [0.4, 0.5) is 0 Å². The van der Waals surface area contributed by atoms with Gasteiger partial charge in [-0.25, -0.2) is 0 Å². The van der Waals surface area contributed by atoms with E-state index in [4.69, 9.17) is 0 Å². The summed E-state index contributed by atoms with van der Waals surface area (Å²) in [6, 6.07) is 2.81. The summed E-state index contributed by atoms with van der Waals surface area (Å²) in [7, 11) is 0. The summed E-state index contributed by atoms with van der Waals surface area (Å²) in [5.74, 6) is 0.815. The topological polar surface area (TPSA) is 12.0 Å². The van der Waals surface area contributed by atoms with Crippen molar-refractivity contribution < 1.29 is 0 Å². The molecule has 1 rings (SSSR count). The van der Waals surface area contributed by atoms with Gasteiger partial charge in [0.15, 0.2) is 0 Å². The minimum atomic E-state index is 0.634. The Bertz CT molecular complexity index is 331. The molecule has 3 heteroatoms. The average molecular weight is 346 g/mol. The molecule has 0 radical (unpaired) electrons. The molecular formula is C16H28BrNS. The van der Waals surface area contributed by atoms with Crippen LogP contribution in [-0.4, -0.2) is 12.6 Å². The Labute approximate surface area is 131 Å². The first-order valence-electron chi connectivity index (χ1n) is 7.68. The van der Waals surface area contributed by atoms with Crippen LogP contribution in [0.3, 0.4) is 0 Å². The van der Waals surface area contributed by atoms with Crippen molar-refractivity contribution in [3.63, 3.8) is 0 Å². The summed E-state index contributed by atoms with van der Waals surface area (Å²) in [6.45, 7) is 8.00. The molecule has 0 bridgehead atoms. The van der Waals surface area contributed by atoms with Crippen molar-refractivity contribution in [2.24, 2.45) is 5.92 Å². The molecule has 0 aliphatic rings. The first-order valence-corrected chi connectivity index (χ1v) is 9.35. The van der Waals surface area contributed by atoms with Crippen LogP contribution in [-0.2, 0) is 6.42 Å². The quantitative estimate of drug-likeness (QED) is 0.578. The molecule has 0 saturated heterocycles. The van der Waals surface area contributed by atoms with Gasteiger partial charge in [-0.1, -0.05) is 33.6 Å². The first kappa shape index (κ1) is 17.2. The smallest absolute Gasteiger partial charge is 0.0314 e. The summed E-state index contributed by atoms with van der Waals surface area (Å²) in [6.07, 6.45) is 7.66. The van der Waals surface area contributed by atoms with Gasteiger partial charge >= 0.3 is 0 Å². The standard InChI is InChI=1S/C16H28BrNS/c1-4-7-13(8-5-2)15(18-10-6-3)12-16-14(17)9-11-19-16/h9,11,13,15,18H,4-8,10,12H2,1-3H3. The van der Waals surface area contributed by atoms with E-state index in [0.29, 0.717) is 6.04 Å². The first-order chi connectivity index (χ1) is 9.22. The second-order valence-electron chi connectivity index (χ2n) is 5.29. The zero-order chi connectivity index (χ0) is 14.1. The lowest BCUT2D eigenvalue weighted by Gasteiger charge is -2.28. The van der Waals surface area contributed by atoms with Gasteiger partial charge in [0.1, 0.15) is 0 Å². The third kappa shape index (κ3) is 5.97. The van der Waals surface area contributed by atoms with Gasteiger partial charge < -0.3 is 5.32 Å². The lowest BCUT2D eigenvalue weighted by molar-refractivity contribution is 0.309. The molecule has 1 atom stereocenters. The molecular weight excluding hydrogens is 318 g/mol. The molecule has 1 nitrogen and oxygen atoms in total. The van der Waals surface area contributed by atoms with Gasteiger partial charge in [-0.15, -0.1) is 11.3 Å². The molecule has 0 aromatic carbocycles. The van der Waals surface area contributed by atoms with E-state index in [9.17, 15) is 0 Å². The van der Waals surface area contributed by atoms with E-state index >= 15 is 0 Å². The molecule has 0 saturated carbocycles. The van der Waals surface area contributed by atoms with Gasteiger partial charge in [-0.2, -0.15) is 0 Å². The minimum Gasteiger partial charge on any atom is -0.313 e. The highest BCUT2D eigenvalue weighted by Gasteiger charge is 2.21. The van der Waals surface area contributed by atoms with Crippen LogP contribution >= 0.6 is 27.3 Å². The van der Waals surface area contributed by atoms with Gasteiger partial charge in [-0.05, 0) is 65.5 Å². The van der Waals surface area contributed by atoms with Gasteiger partial charge in [-0.3, -0.25) is 0 Å². The number of halogens is 1. The Balaban J connectivity index is 2.70. The molecule has 0 amide bonds. The van der Waals surface area contributed by atoms with Crippen LogP contribution < -0.4 is 5.32 Å². The summed E-state index contributed by atoms with van der Waals surface area (Å²) in [5, 5.41) is 5.98. The molecule has 1 aromatic rings. The van der Waals surface area contributed by atoms with Crippen molar-refractivity contribution >= 4 is 27.3 Å². The Morgan fingerprint density at radius 1 is 1.16 bits per heavy atom. The Hall–Kier alpha value is 0.140. The molecule has 19 heavy (non-hydrogen) atoms. The van der Waals surface area contributed by atoms with Crippen molar-refractivity contribution in [3.8, 4) is 0 Å². The summed E-state index contributed by atoms with van der Waals surface area (Å²) >= 11 is 5.55. The molecule has 110 valence electrons. The highest BCUT2D eigenvalue weighted by Crippen LogP contribution is 2.28. The maximum absolute atomic E-state index is 3.79. The monoisotopic (exact) mass is 345 g/mol. The van der Waals surface area contributed by atoms with E-state index in [1.54, 1.807) is 0 Å². The van der Waals surface area contributed by atoms with E-state index in [2.05, 4.69) is 53.5 Å². The molecule has 0 spiro atoms. The van der Waals surface area contributed by atoms with E-state index in [1.807, 2.05) is 11.3 Å². The summed E-state index contributed by atoms with van der Waals surface area (Å²) < 4.78 is 1.28. The molecule has 1 N–H and O–H groups in total. The highest BCUT2D eigenvalue weighted by molar-refractivity contribution is 9.10. The lowest BCUT2D eigenvalue weighted by Crippen LogP contribution is -2.38. The van der Waals surface area contributed by atoms with Crippen molar-refractivity contribution in [2.45, 2.75) is 65.3 Å². The van der Waals surface area contributed by atoms with Crippen molar-refractivity contribution in [3.05, 3.63) is 20.8 Å². The average Bonchev–Trinajstić information content (AvgIpc) is 2.80. The summed E-state index contributed by atoms with van der Waals surface area (Å²) in [5.41, 5.74) is 0. The van der Waals surface area contributed by atoms with Crippen molar-refractivity contribution in [1.29, 1.82) is 0 Å². The fraction of sp³-hybridized carbons (Fsp3) is 0.750. The van der Waals surface area contributed by atoms with E-state index < -0.39 is 0 Å². The molecule has 1 aromatic heterocycles. The lowest BCUT2D eigenvalue weighted by atomic mass is 9.88. The van der Waals surface area contributed by atoms with Gasteiger partial charge in [0.25, 0.3) is 0 Å². The predicted octanol–water partition coefficient (Wildman–Crippen LogP) is 5.64. The van der Waals surface area contributed by atoms with Crippen LogP contribution in [0, 0.1) is 5.92 Å². The number of rotatable bonds is 10. The molecule has 0 fully saturated rings. The van der Waals surface area contributed by atoms with Crippen LogP contribution in [0.5, 0.6) is 0 Å². The molecule has 1 heterocycles. The van der Waals surface area contributed by atoms with Crippen LogP contribution in [0.15, 0.2) is 15.9 Å². The molecule has 0 aliphatic heterocycles. The fourth-order valence-corrected chi connectivity index (χ4v) is 4.27. The number of thiophene rings is 1. The zero-order valence-electron chi connectivity index (χ0n) is 12.5. The predicted molar refractivity (Wildman–Crippen MR) is 91.1 cm³/mol. The van der Waals surface area contributed by atoms with Crippen LogP contribution in [0.2, 0.25) is 0 Å². The second-order valence-corrected chi connectivity index (χ2v) is 7.15. The van der Waals surface area contributed by atoms with Crippen molar-refractivity contribution in [2.75, 3.05) is 6.54 Å². The molecule has 1 unspecified atom stereocenters. The maximum Gasteiger partial charge on any atom is 0.0314 e. The zero-order valence-corrected chi connectivity index (χ0v) is 14.9. The largest absolute Gasteiger partial charge is 0.313 e. The van der Waals surface area contributed by atoms with E-state index in [1.165, 1.54) is 47.9 Å². The Morgan fingerprint density at radius 2 is 1.84 bits per heavy atom. The van der Waals surface area contributed by atoms with Crippen molar-refractivity contribution in [1.82, 2.24) is 5.32 Å². The van der Waals surface area contributed by atoms with Crippen LogP contribution in [0.25, 0.3) is 0 Å². The fourth-order valence-electron chi connectivity index (χ4n) is 2.69. The molecule has 0 aliphatic carbocycles. The number of hydrogen-bond acceptors (Lipinski definition) is 2. The normalized spacial score (nSPS) is 13.1. The number of nitrogens with one attached hydrogen (secondary N) is 1. The van der Waals surface area contributed by atoms with Gasteiger partial charge in [0.05, 0.1) is 0 Å². The van der Waals surface area contributed by atoms with E-state index in [-0.39, 0.29) is 0 Å². The number of hydrogen-bond donors (Lipinski definition) is 1. The SMILES string of the molecule is CCCNC(Cc1sccc1Br)C(CCC)CCC. The second kappa shape index (κ2) is 9.95. The third-order valence-corrected chi connectivity index (χ3v) is 5.59. The highest BCUT2D eigenvalue weighted by atomic mass is 79.9. The van der Waals surface area contributed by atoms with E-state index in [0.717, 1.165) is 12.5 Å². The minimum absolute atomic E-state index is 0.634. The maximum atomic E-state index is 3.79. The Kier molecular flexibility index (Phi) is 9.01. The third-order valence-electron chi connectivity index (χ3n) is 3.64.